The Labute approximate surface area is 185 Å². The lowest BCUT2D eigenvalue weighted by Crippen LogP contribution is -2.31. The fraction of sp³-hybridized carbons (Fsp3) is 0.208. The van der Waals surface area contributed by atoms with Crippen LogP contribution >= 0.6 is 0 Å². The van der Waals surface area contributed by atoms with Crippen molar-refractivity contribution in [2.24, 2.45) is 0 Å². The van der Waals surface area contributed by atoms with Crippen LogP contribution in [0.1, 0.15) is 41.1 Å². The van der Waals surface area contributed by atoms with Gasteiger partial charge >= 0.3 is 5.97 Å². The molecule has 4 rings (SSSR count). The molecule has 32 heavy (non-hydrogen) atoms. The maximum atomic E-state index is 13.1. The van der Waals surface area contributed by atoms with Crippen molar-refractivity contribution in [1.29, 1.82) is 0 Å². The van der Waals surface area contributed by atoms with Crippen molar-refractivity contribution in [2.75, 3.05) is 6.61 Å². The van der Waals surface area contributed by atoms with E-state index in [9.17, 15) is 9.59 Å². The normalized spacial score (nSPS) is 11.8. The standard InChI is InChI=1S/C24H23N5O3/c1-3-32-22(30)15-20(17-9-5-4-6-10-17)26-24(31)23-16(2)29(28-27-23)21-13-7-12-19-18(21)11-8-14-25-19/h4-14,20H,3,15H2,1-2H3,(H,26,31). The topological polar surface area (TPSA) is 99.0 Å². The molecule has 1 unspecified atom stereocenters. The number of hydrogen-bond acceptors (Lipinski definition) is 6. The van der Waals surface area contributed by atoms with Gasteiger partial charge in [-0.05, 0) is 43.7 Å². The molecule has 0 fully saturated rings. The zero-order chi connectivity index (χ0) is 22.5. The van der Waals surface area contributed by atoms with Gasteiger partial charge in [-0.25, -0.2) is 4.68 Å². The SMILES string of the molecule is CCOC(=O)CC(NC(=O)c1nnn(-c2cccc3ncccc23)c1C)c1ccccc1. The molecule has 0 aliphatic heterocycles. The van der Waals surface area contributed by atoms with E-state index in [1.54, 1.807) is 24.7 Å². The first kappa shape index (κ1) is 21.2. The Morgan fingerprint density at radius 2 is 1.88 bits per heavy atom. The number of carbonyl (C=O) groups excluding carboxylic acids is 2. The minimum atomic E-state index is -0.547. The molecule has 1 N–H and O–H groups in total. The predicted octanol–water partition coefficient (Wildman–Crippen LogP) is 3.55. The van der Waals surface area contributed by atoms with E-state index in [4.69, 9.17) is 4.74 Å². The Balaban J connectivity index is 1.63. The highest BCUT2D eigenvalue weighted by Gasteiger charge is 2.24. The van der Waals surface area contributed by atoms with Gasteiger partial charge in [0.25, 0.3) is 5.91 Å². The summed E-state index contributed by atoms with van der Waals surface area (Å²) in [6.07, 6.45) is 1.75. The van der Waals surface area contributed by atoms with E-state index in [1.165, 1.54) is 0 Å². The largest absolute Gasteiger partial charge is 0.466 e. The highest BCUT2D eigenvalue weighted by Crippen LogP contribution is 2.23. The predicted molar refractivity (Wildman–Crippen MR) is 119 cm³/mol. The Kier molecular flexibility index (Phi) is 6.21. The molecule has 0 spiro atoms. The van der Waals surface area contributed by atoms with E-state index >= 15 is 0 Å². The summed E-state index contributed by atoms with van der Waals surface area (Å²) in [5.74, 6) is -0.796. The number of hydrogen-bond donors (Lipinski definition) is 1. The summed E-state index contributed by atoms with van der Waals surface area (Å²) in [4.78, 5) is 29.6. The van der Waals surface area contributed by atoms with Gasteiger partial charge in [-0.3, -0.25) is 14.6 Å². The molecule has 0 saturated carbocycles. The number of rotatable bonds is 7. The maximum Gasteiger partial charge on any atom is 0.308 e. The summed E-state index contributed by atoms with van der Waals surface area (Å²) in [7, 11) is 0. The van der Waals surface area contributed by atoms with Gasteiger partial charge in [0.1, 0.15) is 0 Å². The van der Waals surface area contributed by atoms with E-state index in [0.717, 1.165) is 22.2 Å². The molecule has 1 atom stereocenters. The van der Waals surface area contributed by atoms with Crippen LogP contribution in [-0.4, -0.2) is 38.5 Å². The van der Waals surface area contributed by atoms with Crippen molar-refractivity contribution in [3.8, 4) is 5.69 Å². The molecule has 162 valence electrons. The van der Waals surface area contributed by atoms with Crippen LogP contribution in [0.3, 0.4) is 0 Å². The third kappa shape index (κ3) is 4.34. The van der Waals surface area contributed by atoms with Crippen molar-refractivity contribution in [1.82, 2.24) is 25.3 Å². The van der Waals surface area contributed by atoms with E-state index in [1.807, 2.05) is 60.7 Å². The molecule has 8 nitrogen and oxygen atoms in total. The van der Waals surface area contributed by atoms with Crippen molar-refractivity contribution < 1.29 is 14.3 Å². The number of carbonyl (C=O) groups is 2. The molecule has 2 aromatic heterocycles. The van der Waals surface area contributed by atoms with Gasteiger partial charge in [0.05, 0.1) is 36.0 Å². The molecule has 2 heterocycles. The fourth-order valence-corrected chi connectivity index (χ4v) is 3.59. The number of nitrogens with one attached hydrogen (secondary N) is 1. The Morgan fingerprint density at radius 3 is 2.66 bits per heavy atom. The lowest BCUT2D eigenvalue weighted by atomic mass is 10.0. The second-order valence-electron chi connectivity index (χ2n) is 7.23. The van der Waals surface area contributed by atoms with Gasteiger partial charge < -0.3 is 10.1 Å². The molecule has 1 amide bonds. The molecule has 8 heteroatoms. The highest BCUT2D eigenvalue weighted by molar-refractivity contribution is 5.94. The molecule has 0 aliphatic rings. The Morgan fingerprint density at radius 1 is 1.06 bits per heavy atom. The Bertz CT molecular complexity index is 1250. The summed E-state index contributed by atoms with van der Waals surface area (Å²) in [6, 6.07) is 18.3. The molecule has 2 aromatic carbocycles. The lowest BCUT2D eigenvalue weighted by molar-refractivity contribution is -0.143. The van der Waals surface area contributed by atoms with Crippen LogP contribution < -0.4 is 5.32 Å². The van der Waals surface area contributed by atoms with Gasteiger partial charge in [-0.15, -0.1) is 5.10 Å². The first-order chi connectivity index (χ1) is 15.6. The summed E-state index contributed by atoms with van der Waals surface area (Å²) >= 11 is 0. The zero-order valence-electron chi connectivity index (χ0n) is 17.9. The Hall–Kier alpha value is -4.07. The van der Waals surface area contributed by atoms with E-state index in [-0.39, 0.29) is 24.7 Å². The fourth-order valence-electron chi connectivity index (χ4n) is 3.59. The number of esters is 1. The summed E-state index contributed by atoms with van der Waals surface area (Å²) in [5, 5.41) is 12.2. The van der Waals surface area contributed by atoms with Crippen LogP contribution in [0.25, 0.3) is 16.6 Å². The average molecular weight is 429 g/mol. The zero-order valence-corrected chi connectivity index (χ0v) is 17.9. The van der Waals surface area contributed by atoms with E-state index in [0.29, 0.717) is 5.69 Å². The number of benzene rings is 2. The number of fused-ring (bicyclic) bond motifs is 1. The van der Waals surface area contributed by atoms with Crippen LogP contribution in [0, 0.1) is 6.92 Å². The highest BCUT2D eigenvalue weighted by atomic mass is 16.5. The van der Waals surface area contributed by atoms with Crippen LogP contribution in [0.15, 0.2) is 66.9 Å². The summed E-state index contributed by atoms with van der Waals surface area (Å²) < 4.78 is 6.71. The maximum absolute atomic E-state index is 13.1. The van der Waals surface area contributed by atoms with Gasteiger partial charge in [0.2, 0.25) is 0 Å². The number of nitrogens with zero attached hydrogens (tertiary/aromatic N) is 4. The first-order valence-corrected chi connectivity index (χ1v) is 10.4. The van der Waals surface area contributed by atoms with E-state index < -0.39 is 11.9 Å². The number of aromatic nitrogens is 4. The van der Waals surface area contributed by atoms with Crippen LogP contribution in [-0.2, 0) is 9.53 Å². The van der Waals surface area contributed by atoms with Crippen molar-refractivity contribution in [2.45, 2.75) is 26.3 Å². The summed E-state index contributed by atoms with van der Waals surface area (Å²) in [6.45, 7) is 3.81. The number of amides is 1. The van der Waals surface area contributed by atoms with Gasteiger partial charge in [-0.2, -0.15) is 0 Å². The quantitative estimate of drug-likeness (QED) is 0.451. The average Bonchev–Trinajstić information content (AvgIpc) is 3.20. The second kappa shape index (κ2) is 9.38. The smallest absolute Gasteiger partial charge is 0.308 e. The van der Waals surface area contributed by atoms with Crippen LogP contribution in [0.4, 0.5) is 0 Å². The number of ether oxygens (including phenoxy) is 1. The molecule has 0 aliphatic carbocycles. The van der Waals surface area contributed by atoms with Crippen molar-refractivity contribution in [3.63, 3.8) is 0 Å². The minimum Gasteiger partial charge on any atom is -0.466 e. The van der Waals surface area contributed by atoms with Crippen molar-refractivity contribution >= 4 is 22.8 Å². The third-order valence-electron chi connectivity index (χ3n) is 5.14. The molecular weight excluding hydrogens is 406 g/mol. The second-order valence-corrected chi connectivity index (χ2v) is 7.23. The van der Waals surface area contributed by atoms with Crippen LogP contribution in [0.2, 0.25) is 0 Å². The molecule has 4 aromatic rings. The summed E-state index contributed by atoms with van der Waals surface area (Å²) in [5.41, 5.74) is 3.19. The minimum absolute atomic E-state index is 0.0196. The lowest BCUT2D eigenvalue weighted by Gasteiger charge is -2.18. The van der Waals surface area contributed by atoms with E-state index in [2.05, 4.69) is 20.6 Å². The molecule has 0 bridgehead atoms. The van der Waals surface area contributed by atoms with Gasteiger partial charge in [0, 0.05) is 11.6 Å². The first-order valence-electron chi connectivity index (χ1n) is 10.4. The van der Waals surface area contributed by atoms with Gasteiger partial charge in [-0.1, -0.05) is 41.6 Å². The number of pyridine rings is 1. The molecular formula is C24H23N5O3. The molecule has 0 saturated heterocycles. The van der Waals surface area contributed by atoms with Crippen LogP contribution in [0.5, 0.6) is 0 Å². The van der Waals surface area contributed by atoms with Gasteiger partial charge in [0.15, 0.2) is 5.69 Å². The van der Waals surface area contributed by atoms with Crippen molar-refractivity contribution in [3.05, 3.63) is 83.8 Å². The third-order valence-corrected chi connectivity index (χ3v) is 5.14. The monoisotopic (exact) mass is 429 g/mol. The molecule has 0 radical (unpaired) electrons.